The van der Waals surface area contributed by atoms with E-state index >= 15 is 0 Å². The Kier molecular flexibility index (Phi) is 7.11. The van der Waals surface area contributed by atoms with Gasteiger partial charge < -0.3 is 10.6 Å². The number of halogens is 1. The second-order valence-corrected chi connectivity index (χ2v) is 7.51. The van der Waals surface area contributed by atoms with Crippen LogP contribution in [0.4, 0.5) is 0 Å². The molecule has 1 atom stereocenters. The van der Waals surface area contributed by atoms with Crippen LogP contribution >= 0.6 is 12.4 Å². The standard InChI is InChI=1S/C18H30N4O.ClH/c1-13(2)14-5-7-15(8-6-14)20-18(23)17-9-11-22(21-17)16-4-3-10-19-12-16;/h9,11,13-16,19H,3-8,10,12H2,1-2H3,(H,20,23);1H. The van der Waals surface area contributed by atoms with E-state index in [1.165, 1.54) is 19.3 Å². The number of carbonyl (C=O) groups is 1. The molecule has 0 radical (unpaired) electrons. The van der Waals surface area contributed by atoms with Crippen LogP contribution in [-0.4, -0.2) is 34.8 Å². The number of nitrogens with one attached hydrogen (secondary N) is 2. The Hall–Kier alpha value is -1.07. The molecule has 1 aromatic rings. The van der Waals surface area contributed by atoms with Crippen LogP contribution in [0.15, 0.2) is 12.3 Å². The Bertz CT molecular complexity index is 517. The molecule has 1 aliphatic heterocycles. The largest absolute Gasteiger partial charge is 0.348 e. The summed E-state index contributed by atoms with van der Waals surface area (Å²) in [5.41, 5.74) is 0.557. The van der Waals surface area contributed by atoms with Crippen molar-refractivity contribution in [2.45, 2.75) is 64.5 Å². The number of nitrogens with zero attached hydrogens (tertiary/aromatic N) is 2. The predicted molar refractivity (Wildman–Crippen MR) is 98.7 cm³/mol. The molecular formula is C18H31ClN4O. The molecule has 1 unspecified atom stereocenters. The van der Waals surface area contributed by atoms with Gasteiger partial charge in [-0.25, -0.2) is 0 Å². The van der Waals surface area contributed by atoms with E-state index in [1.54, 1.807) is 0 Å². The highest BCUT2D eigenvalue weighted by molar-refractivity contribution is 5.92. The Morgan fingerprint density at radius 1 is 1.29 bits per heavy atom. The third-order valence-electron chi connectivity index (χ3n) is 5.54. The van der Waals surface area contributed by atoms with Crippen molar-refractivity contribution in [3.63, 3.8) is 0 Å². The van der Waals surface area contributed by atoms with E-state index in [4.69, 9.17) is 0 Å². The number of rotatable bonds is 4. The van der Waals surface area contributed by atoms with Gasteiger partial charge in [-0.15, -0.1) is 12.4 Å². The van der Waals surface area contributed by atoms with Gasteiger partial charge in [-0.3, -0.25) is 9.48 Å². The molecule has 1 aromatic heterocycles. The van der Waals surface area contributed by atoms with Gasteiger partial charge in [0.1, 0.15) is 5.69 Å². The fraction of sp³-hybridized carbons (Fsp3) is 0.778. The molecule has 0 bridgehead atoms. The van der Waals surface area contributed by atoms with Crippen LogP contribution in [0.25, 0.3) is 0 Å². The van der Waals surface area contributed by atoms with Crippen molar-refractivity contribution in [2.24, 2.45) is 11.8 Å². The van der Waals surface area contributed by atoms with E-state index in [0.29, 0.717) is 17.8 Å². The average molecular weight is 355 g/mol. The van der Waals surface area contributed by atoms with Gasteiger partial charge in [0, 0.05) is 18.8 Å². The highest BCUT2D eigenvalue weighted by Gasteiger charge is 2.25. The van der Waals surface area contributed by atoms with Crippen LogP contribution < -0.4 is 10.6 Å². The summed E-state index contributed by atoms with van der Waals surface area (Å²) in [6, 6.07) is 2.55. The van der Waals surface area contributed by atoms with Crippen LogP contribution in [0.5, 0.6) is 0 Å². The summed E-state index contributed by atoms with van der Waals surface area (Å²) in [6.07, 6.45) is 8.90. The van der Waals surface area contributed by atoms with Gasteiger partial charge in [-0.2, -0.15) is 5.10 Å². The maximum Gasteiger partial charge on any atom is 0.271 e. The Labute approximate surface area is 151 Å². The first kappa shape index (κ1) is 19.3. The van der Waals surface area contributed by atoms with Gasteiger partial charge in [-0.1, -0.05) is 13.8 Å². The number of piperidine rings is 1. The zero-order valence-corrected chi connectivity index (χ0v) is 15.6. The summed E-state index contributed by atoms with van der Waals surface area (Å²) in [7, 11) is 0. The number of carbonyl (C=O) groups excluding carboxylic acids is 1. The molecule has 6 heteroatoms. The van der Waals surface area contributed by atoms with Crippen molar-refractivity contribution < 1.29 is 4.79 Å². The monoisotopic (exact) mass is 354 g/mol. The molecule has 2 heterocycles. The number of aromatic nitrogens is 2. The van der Waals surface area contributed by atoms with E-state index in [2.05, 4.69) is 29.6 Å². The second-order valence-electron chi connectivity index (χ2n) is 7.51. The smallest absolute Gasteiger partial charge is 0.271 e. The molecule has 0 spiro atoms. The van der Waals surface area contributed by atoms with Crippen LogP contribution in [0.3, 0.4) is 0 Å². The molecule has 5 nitrogen and oxygen atoms in total. The number of hydrogen-bond acceptors (Lipinski definition) is 3. The fourth-order valence-electron chi connectivity index (χ4n) is 3.91. The second kappa shape index (κ2) is 8.86. The third kappa shape index (κ3) is 4.73. The van der Waals surface area contributed by atoms with Gasteiger partial charge in [0.25, 0.3) is 5.91 Å². The summed E-state index contributed by atoms with van der Waals surface area (Å²) in [5.74, 6) is 1.56. The Morgan fingerprint density at radius 2 is 2.04 bits per heavy atom. The molecule has 24 heavy (non-hydrogen) atoms. The minimum atomic E-state index is -0.0134. The molecule has 0 aromatic carbocycles. The molecule has 2 fully saturated rings. The SMILES string of the molecule is CC(C)C1CCC(NC(=O)c2ccn(C3CCCNC3)n2)CC1.Cl. The molecule has 1 aliphatic carbocycles. The first-order valence-electron chi connectivity index (χ1n) is 9.20. The zero-order valence-electron chi connectivity index (χ0n) is 14.8. The lowest BCUT2D eigenvalue weighted by Crippen LogP contribution is -2.38. The molecule has 1 saturated heterocycles. The van der Waals surface area contributed by atoms with E-state index < -0.39 is 0 Å². The summed E-state index contributed by atoms with van der Waals surface area (Å²) >= 11 is 0. The Balaban J connectivity index is 0.00000208. The minimum absolute atomic E-state index is 0. The van der Waals surface area contributed by atoms with Crippen LogP contribution in [0, 0.1) is 11.8 Å². The van der Waals surface area contributed by atoms with Crippen LogP contribution in [-0.2, 0) is 0 Å². The van der Waals surface area contributed by atoms with Crippen molar-refractivity contribution >= 4 is 18.3 Å². The van der Waals surface area contributed by atoms with Gasteiger partial charge >= 0.3 is 0 Å². The van der Waals surface area contributed by atoms with E-state index in [9.17, 15) is 4.79 Å². The molecular weight excluding hydrogens is 324 g/mol. The minimum Gasteiger partial charge on any atom is -0.348 e. The lowest BCUT2D eigenvalue weighted by Gasteiger charge is -2.31. The van der Waals surface area contributed by atoms with Crippen molar-refractivity contribution in [1.29, 1.82) is 0 Å². The summed E-state index contributed by atoms with van der Waals surface area (Å²) in [6.45, 7) is 6.64. The maximum absolute atomic E-state index is 12.4. The van der Waals surface area contributed by atoms with Crippen molar-refractivity contribution in [3.05, 3.63) is 18.0 Å². The topological polar surface area (TPSA) is 59.0 Å². The molecule has 1 amide bonds. The zero-order chi connectivity index (χ0) is 16.2. The summed E-state index contributed by atoms with van der Waals surface area (Å²) in [4.78, 5) is 12.4. The summed E-state index contributed by atoms with van der Waals surface area (Å²) < 4.78 is 1.96. The lowest BCUT2D eigenvalue weighted by molar-refractivity contribution is 0.0911. The van der Waals surface area contributed by atoms with E-state index in [-0.39, 0.29) is 18.3 Å². The van der Waals surface area contributed by atoms with Crippen molar-refractivity contribution in [3.8, 4) is 0 Å². The van der Waals surface area contributed by atoms with Gasteiger partial charge in [0.15, 0.2) is 0 Å². The maximum atomic E-state index is 12.4. The van der Waals surface area contributed by atoms with Crippen molar-refractivity contribution in [1.82, 2.24) is 20.4 Å². The van der Waals surface area contributed by atoms with Gasteiger partial charge in [0.05, 0.1) is 6.04 Å². The highest BCUT2D eigenvalue weighted by atomic mass is 35.5. The first-order valence-corrected chi connectivity index (χ1v) is 9.20. The van der Waals surface area contributed by atoms with Gasteiger partial charge in [-0.05, 0) is 63.0 Å². The quantitative estimate of drug-likeness (QED) is 0.873. The third-order valence-corrected chi connectivity index (χ3v) is 5.54. The molecule has 136 valence electrons. The van der Waals surface area contributed by atoms with E-state index in [1.807, 2.05) is 16.9 Å². The van der Waals surface area contributed by atoms with Gasteiger partial charge in [0.2, 0.25) is 0 Å². The van der Waals surface area contributed by atoms with Crippen LogP contribution in [0.1, 0.15) is 68.9 Å². The fourth-order valence-corrected chi connectivity index (χ4v) is 3.91. The lowest BCUT2D eigenvalue weighted by atomic mass is 9.80. The van der Waals surface area contributed by atoms with Crippen molar-refractivity contribution in [2.75, 3.05) is 13.1 Å². The summed E-state index contributed by atoms with van der Waals surface area (Å²) in [5, 5.41) is 11.1. The Morgan fingerprint density at radius 3 is 2.67 bits per heavy atom. The molecule has 3 rings (SSSR count). The van der Waals surface area contributed by atoms with Crippen LogP contribution in [0.2, 0.25) is 0 Å². The first-order chi connectivity index (χ1) is 11.1. The number of hydrogen-bond donors (Lipinski definition) is 2. The molecule has 2 aliphatic rings. The average Bonchev–Trinajstić information content (AvgIpc) is 3.06. The molecule has 1 saturated carbocycles. The number of amides is 1. The molecule has 2 N–H and O–H groups in total. The normalized spacial score (nSPS) is 27.5. The predicted octanol–water partition coefficient (Wildman–Crippen LogP) is 3.17. The highest BCUT2D eigenvalue weighted by Crippen LogP contribution is 2.29. The van der Waals surface area contributed by atoms with E-state index in [0.717, 1.165) is 44.2 Å².